The quantitative estimate of drug-likeness (QED) is 0.614. The van der Waals surface area contributed by atoms with Crippen molar-refractivity contribution in [2.24, 2.45) is 5.73 Å². The Bertz CT molecular complexity index is 148. The van der Waals surface area contributed by atoms with Crippen molar-refractivity contribution < 1.29 is 4.74 Å². The van der Waals surface area contributed by atoms with Crippen molar-refractivity contribution in [2.45, 2.75) is 0 Å². The molecule has 1 aromatic rings. The average molecular weight is 126 g/mol. The van der Waals surface area contributed by atoms with E-state index in [4.69, 9.17) is 10.5 Å². The minimum Gasteiger partial charge on any atom is -0.491 e. The lowest BCUT2D eigenvalue weighted by atomic mass is 10.6. The second-order valence-electron chi connectivity index (χ2n) is 1.68. The van der Waals surface area contributed by atoms with E-state index in [0.717, 1.165) is 5.75 Å². The predicted molar refractivity (Wildman–Crippen MR) is 35.3 cm³/mol. The Morgan fingerprint density at radius 1 is 1.67 bits per heavy atom. The van der Waals surface area contributed by atoms with Crippen LogP contribution in [0.3, 0.4) is 0 Å². The van der Waals surface area contributed by atoms with E-state index in [9.17, 15) is 0 Å². The summed E-state index contributed by atoms with van der Waals surface area (Å²) in [4.78, 5) is 2.87. The number of hydrogen-bond acceptors (Lipinski definition) is 2. The molecular formula is C6H10N2O. The molecule has 0 aromatic carbocycles. The van der Waals surface area contributed by atoms with E-state index in [1.165, 1.54) is 0 Å². The van der Waals surface area contributed by atoms with Gasteiger partial charge in [0.2, 0.25) is 0 Å². The number of nitrogens with one attached hydrogen (secondary N) is 1. The van der Waals surface area contributed by atoms with E-state index >= 15 is 0 Å². The molecule has 0 aliphatic rings. The van der Waals surface area contributed by atoms with Crippen LogP contribution in [0.1, 0.15) is 0 Å². The zero-order valence-electron chi connectivity index (χ0n) is 5.13. The largest absolute Gasteiger partial charge is 0.491 e. The third-order valence-electron chi connectivity index (χ3n) is 0.956. The smallest absolute Gasteiger partial charge is 0.136 e. The van der Waals surface area contributed by atoms with Gasteiger partial charge in [0.25, 0.3) is 0 Å². The van der Waals surface area contributed by atoms with Gasteiger partial charge in [0.05, 0.1) is 0 Å². The molecule has 0 spiro atoms. The van der Waals surface area contributed by atoms with Gasteiger partial charge in [-0.15, -0.1) is 0 Å². The van der Waals surface area contributed by atoms with Crippen LogP contribution in [0.2, 0.25) is 0 Å². The molecule has 3 nitrogen and oxygen atoms in total. The number of aromatic nitrogens is 1. The molecule has 1 rings (SSSR count). The Morgan fingerprint density at radius 2 is 2.56 bits per heavy atom. The number of aromatic amines is 1. The lowest BCUT2D eigenvalue weighted by Gasteiger charge is -1.97. The van der Waals surface area contributed by atoms with Gasteiger partial charge in [-0.05, 0) is 6.07 Å². The van der Waals surface area contributed by atoms with Gasteiger partial charge in [-0.3, -0.25) is 0 Å². The fourth-order valence-electron chi connectivity index (χ4n) is 0.575. The van der Waals surface area contributed by atoms with Gasteiger partial charge < -0.3 is 15.5 Å². The van der Waals surface area contributed by atoms with Crippen molar-refractivity contribution in [1.82, 2.24) is 4.98 Å². The van der Waals surface area contributed by atoms with Crippen LogP contribution in [0.15, 0.2) is 18.5 Å². The van der Waals surface area contributed by atoms with E-state index in [1.54, 1.807) is 6.20 Å². The van der Waals surface area contributed by atoms with E-state index in [0.29, 0.717) is 13.2 Å². The molecule has 1 heterocycles. The molecule has 0 fully saturated rings. The summed E-state index contributed by atoms with van der Waals surface area (Å²) in [6.07, 6.45) is 3.60. The summed E-state index contributed by atoms with van der Waals surface area (Å²) >= 11 is 0. The molecule has 50 valence electrons. The Kier molecular flexibility index (Phi) is 2.15. The first-order valence-electron chi connectivity index (χ1n) is 2.89. The van der Waals surface area contributed by atoms with Gasteiger partial charge in [-0.2, -0.15) is 0 Å². The maximum atomic E-state index is 5.21. The highest BCUT2D eigenvalue weighted by molar-refractivity contribution is 5.15. The molecule has 0 aliphatic carbocycles. The zero-order chi connectivity index (χ0) is 6.53. The number of nitrogens with two attached hydrogens (primary N) is 1. The van der Waals surface area contributed by atoms with Gasteiger partial charge in [0.1, 0.15) is 12.4 Å². The summed E-state index contributed by atoms with van der Waals surface area (Å²) in [6, 6.07) is 1.86. The van der Waals surface area contributed by atoms with E-state index in [1.807, 2.05) is 12.3 Å². The van der Waals surface area contributed by atoms with Crippen molar-refractivity contribution in [3.63, 3.8) is 0 Å². The molecule has 3 N–H and O–H groups in total. The highest BCUT2D eigenvalue weighted by Gasteiger charge is 1.87. The highest BCUT2D eigenvalue weighted by atomic mass is 16.5. The van der Waals surface area contributed by atoms with Crippen LogP contribution in [0, 0.1) is 0 Å². The molecule has 1 aromatic heterocycles. The standard InChI is InChI=1S/C6H10N2O/c7-2-4-9-6-1-3-8-5-6/h1,3,5,8H,2,4,7H2. The number of rotatable bonds is 3. The summed E-state index contributed by atoms with van der Waals surface area (Å²) in [5.41, 5.74) is 5.21. The fourth-order valence-corrected chi connectivity index (χ4v) is 0.575. The molecule has 0 unspecified atom stereocenters. The van der Waals surface area contributed by atoms with Crippen LogP contribution in [0.4, 0.5) is 0 Å². The summed E-state index contributed by atoms with van der Waals surface area (Å²) in [7, 11) is 0. The second-order valence-corrected chi connectivity index (χ2v) is 1.68. The van der Waals surface area contributed by atoms with Gasteiger partial charge in [0, 0.05) is 18.9 Å². The first kappa shape index (κ1) is 6.16. The summed E-state index contributed by atoms with van der Waals surface area (Å²) in [5, 5.41) is 0. The summed E-state index contributed by atoms with van der Waals surface area (Å²) in [5.74, 6) is 0.848. The van der Waals surface area contributed by atoms with Crippen LogP contribution in [-0.2, 0) is 0 Å². The minimum atomic E-state index is 0.561. The normalized spacial score (nSPS) is 9.44. The Balaban J connectivity index is 2.30. The average Bonchev–Trinajstić information content (AvgIpc) is 2.34. The third-order valence-corrected chi connectivity index (χ3v) is 0.956. The molecule has 0 amide bonds. The van der Waals surface area contributed by atoms with Crippen LogP contribution >= 0.6 is 0 Å². The van der Waals surface area contributed by atoms with Crippen LogP contribution in [0.5, 0.6) is 5.75 Å². The third kappa shape index (κ3) is 1.77. The molecule has 0 radical (unpaired) electrons. The monoisotopic (exact) mass is 126 g/mol. The summed E-state index contributed by atoms with van der Waals surface area (Å²) < 4.78 is 5.14. The van der Waals surface area contributed by atoms with Crippen LogP contribution in [0.25, 0.3) is 0 Å². The van der Waals surface area contributed by atoms with Gasteiger partial charge in [0.15, 0.2) is 0 Å². The Morgan fingerprint density at radius 3 is 3.11 bits per heavy atom. The minimum absolute atomic E-state index is 0.561. The van der Waals surface area contributed by atoms with Crippen LogP contribution in [-0.4, -0.2) is 18.1 Å². The molecule has 9 heavy (non-hydrogen) atoms. The fraction of sp³-hybridized carbons (Fsp3) is 0.333. The Labute approximate surface area is 53.8 Å². The molecule has 0 aliphatic heterocycles. The Hall–Kier alpha value is -0.960. The lowest BCUT2D eigenvalue weighted by molar-refractivity contribution is 0.329. The maximum absolute atomic E-state index is 5.21. The van der Waals surface area contributed by atoms with Crippen molar-refractivity contribution in [3.8, 4) is 5.75 Å². The van der Waals surface area contributed by atoms with Crippen molar-refractivity contribution >= 4 is 0 Å². The number of ether oxygens (including phenoxy) is 1. The molecule has 0 bridgehead atoms. The van der Waals surface area contributed by atoms with Gasteiger partial charge in [-0.1, -0.05) is 0 Å². The second kappa shape index (κ2) is 3.14. The topological polar surface area (TPSA) is 51.0 Å². The van der Waals surface area contributed by atoms with E-state index in [2.05, 4.69) is 4.98 Å². The molecular weight excluding hydrogens is 116 g/mol. The van der Waals surface area contributed by atoms with Crippen molar-refractivity contribution in [1.29, 1.82) is 0 Å². The molecule has 0 saturated carbocycles. The lowest BCUT2D eigenvalue weighted by Crippen LogP contribution is -2.10. The first-order valence-corrected chi connectivity index (χ1v) is 2.89. The maximum Gasteiger partial charge on any atom is 0.136 e. The van der Waals surface area contributed by atoms with Gasteiger partial charge >= 0.3 is 0 Å². The van der Waals surface area contributed by atoms with Crippen molar-refractivity contribution in [3.05, 3.63) is 18.5 Å². The highest BCUT2D eigenvalue weighted by Crippen LogP contribution is 2.05. The number of H-pyrrole nitrogens is 1. The molecule has 0 atom stereocenters. The molecule has 3 heteroatoms. The number of hydrogen-bond donors (Lipinski definition) is 2. The van der Waals surface area contributed by atoms with Gasteiger partial charge in [-0.25, -0.2) is 0 Å². The van der Waals surface area contributed by atoms with E-state index in [-0.39, 0.29) is 0 Å². The summed E-state index contributed by atoms with van der Waals surface area (Å²) in [6.45, 7) is 1.14. The molecule has 0 saturated heterocycles. The van der Waals surface area contributed by atoms with Crippen LogP contribution < -0.4 is 10.5 Å². The zero-order valence-corrected chi connectivity index (χ0v) is 5.13. The predicted octanol–water partition coefficient (Wildman–Crippen LogP) is 0.352. The van der Waals surface area contributed by atoms with E-state index < -0.39 is 0 Å². The first-order chi connectivity index (χ1) is 4.43. The SMILES string of the molecule is NCCOc1cc[nH]c1. The van der Waals surface area contributed by atoms with Crippen molar-refractivity contribution in [2.75, 3.05) is 13.2 Å².